The zero-order chi connectivity index (χ0) is 14.9. The molecule has 2 aliphatic rings. The third-order valence-electron chi connectivity index (χ3n) is 3.78. The van der Waals surface area contributed by atoms with E-state index in [1.807, 2.05) is 48.5 Å². The molecular formula is C17H15NO4. The second-order valence-electron chi connectivity index (χ2n) is 5.17. The van der Waals surface area contributed by atoms with Gasteiger partial charge in [-0.1, -0.05) is 24.3 Å². The number of benzene rings is 2. The monoisotopic (exact) mass is 297 g/mol. The van der Waals surface area contributed by atoms with Crippen LogP contribution in [0.15, 0.2) is 48.5 Å². The molecule has 0 bridgehead atoms. The van der Waals surface area contributed by atoms with Crippen LogP contribution >= 0.6 is 0 Å². The minimum Gasteiger partial charge on any atom is -0.490 e. The fourth-order valence-electron chi connectivity index (χ4n) is 2.71. The average Bonchev–Trinajstić information content (AvgIpc) is 2.60. The summed E-state index contributed by atoms with van der Waals surface area (Å²) in [6.45, 7) is 1.21. The van der Waals surface area contributed by atoms with E-state index in [9.17, 15) is 4.79 Å². The maximum atomic E-state index is 12.8. The smallest absolute Gasteiger partial charge is 0.271 e. The van der Waals surface area contributed by atoms with E-state index in [2.05, 4.69) is 0 Å². The Morgan fingerprint density at radius 1 is 0.955 bits per heavy atom. The van der Waals surface area contributed by atoms with E-state index in [0.29, 0.717) is 24.7 Å². The quantitative estimate of drug-likeness (QED) is 0.810. The van der Waals surface area contributed by atoms with Crippen molar-refractivity contribution in [2.45, 2.75) is 6.10 Å². The van der Waals surface area contributed by atoms with Gasteiger partial charge in [-0.15, -0.1) is 0 Å². The molecule has 1 amide bonds. The molecule has 1 atom stereocenters. The highest BCUT2D eigenvalue weighted by Gasteiger charge is 2.34. The van der Waals surface area contributed by atoms with Crippen molar-refractivity contribution in [1.29, 1.82) is 0 Å². The van der Waals surface area contributed by atoms with Crippen molar-refractivity contribution < 1.29 is 19.0 Å². The normalized spacial score (nSPS) is 19.1. The van der Waals surface area contributed by atoms with E-state index in [4.69, 9.17) is 14.2 Å². The number of ether oxygens (including phenoxy) is 3. The van der Waals surface area contributed by atoms with Crippen LogP contribution in [0.25, 0.3) is 0 Å². The summed E-state index contributed by atoms with van der Waals surface area (Å²) in [7, 11) is 0. The van der Waals surface area contributed by atoms with Crippen molar-refractivity contribution in [3.63, 3.8) is 0 Å². The molecule has 0 N–H and O–H groups in total. The molecule has 0 spiro atoms. The molecule has 2 aromatic carbocycles. The molecule has 5 nitrogen and oxygen atoms in total. The minimum atomic E-state index is -0.638. The summed E-state index contributed by atoms with van der Waals surface area (Å²) in [5.74, 6) is 1.90. The lowest BCUT2D eigenvalue weighted by Gasteiger charge is -2.33. The van der Waals surface area contributed by atoms with Gasteiger partial charge in [0.2, 0.25) is 6.10 Å². The predicted molar refractivity (Wildman–Crippen MR) is 80.6 cm³/mol. The Morgan fingerprint density at radius 2 is 1.68 bits per heavy atom. The van der Waals surface area contributed by atoms with Crippen LogP contribution < -0.4 is 19.1 Å². The van der Waals surface area contributed by atoms with E-state index >= 15 is 0 Å². The Labute approximate surface area is 128 Å². The zero-order valence-corrected chi connectivity index (χ0v) is 11.9. The molecule has 0 aromatic heterocycles. The predicted octanol–water partition coefficient (Wildman–Crippen LogP) is 2.25. The Morgan fingerprint density at radius 3 is 2.55 bits per heavy atom. The summed E-state index contributed by atoms with van der Waals surface area (Å²) < 4.78 is 17.0. The lowest BCUT2D eigenvalue weighted by Crippen LogP contribution is -2.49. The van der Waals surface area contributed by atoms with Crippen molar-refractivity contribution in [3.8, 4) is 17.2 Å². The number of hydrogen-bond acceptors (Lipinski definition) is 4. The lowest BCUT2D eigenvalue weighted by atomic mass is 10.2. The number of rotatable bonds is 1. The maximum absolute atomic E-state index is 12.8. The molecule has 4 rings (SSSR count). The van der Waals surface area contributed by atoms with Crippen molar-refractivity contribution in [2.75, 3.05) is 24.7 Å². The van der Waals surface area contributed by atoms with Gasteiger partial charge >= 0.3 is 0 Å². The second kappa shape index (κ2) is 5.26. The van der Waals surface area contributed by atoms with E-state index in [1.54, 1.807) is 4.90 Å². The number of carbonyl (C=O) groups excluding carboxylic acids is 1. The molecule has 22 heavy (non-hydrogen) atoms. The first-order chi connectivity index (χ1) is 10.8. The standard InChI is InChI=1S/C17H15NO4/c19-17(16-11-21-14-7-3-4-8-15(14)22-16)18-9-10-20-13-6-2-1-5-12(13)18/h1-8,16H,9-11H2. The number of fused-ring (bicyclic) bond motifs is 2. The van der Waals surface area contributed by atoms with Crippen LogP contribution in [0, 0.1) is 0 Å². The molecule has 2 aliphatic heterocycles. The summed E-state index contributed by atoms with van der Waals surface area (Å²) in [4.78, 5) is 14.5. The SMILES string of the molecule is O=C(C1COc2ccccc2O1)N1CCOc2ccccc21. The number of para-hydroxylation sites is 4. The van der Waals surface area contributed by atoms with E-state index in [-0.39, 0.29) is 12.5 Å². The molecule has 5 heteroatoms. The van der Waals surface area contributed by atoms with Crippen LogP contribution in [-0.4, -0.2) is 31.8 Å². The average molecular weight is 297 g/mol. The van der Waals surface area contributed by atoms with Crippen molar-refractivity contribution in [3.05, 3.63) is 48.5 Å². The maximum Gasteiger partial charge on any atom is 0.271 e. The summed E-state index contributed by atoms with van der Waals surface area (Å²) in [5.41, 5.74) is 0.779. The first kappa shape index (κ1) is 13.0. The number of hydrogen-bond donors (Lipinski definition) is 0. The van der Waals surface area contributed by atoms with E-state index in [0.717, 1.165) is 11.4 Å². The molecule has 2 heterocycles. The van der Waals surface area contributed by atoms with Crippen LogP contribution in [0.1, 0.15) is 0 Å². The minimum absolute atomic E-state index is 0.106. The number of carbonyl (C=O) groups is 1. The topological polar surface area (TPSA) is 48.0 Å². The van der Waals surface area contributed by atoms with Gasteiger partial charge in [0.1, 0.15) is 19.0 Å². The van der Waals surface area contributed by atoms with Crippen LogP contribution in [0.2, 0.25) is 0 Å². The van der Waals surface area contributed by atoms with Gasteiger partial charge in [0.15, 0.2) is 11.5 Å². The van der Waals surface area contributed by atoms with Gasteiger partial charge in [-0.05, 0) is 24.3 Å². The van der Waals surface area contributed by atoms with Crippen LogP contribution in [0.3, 0.4) is 0 Å². The third-order valence-corrected chi connectivity index (χ3v) is 3.78. The summed E-state index contributed by atoms with van der Waals surface area (Å²) in [6.07, 6.45) is -0.638. The number of nitrogens with zero attached hydrogens (tertiary/aromatic N) is 1. The lowest BCUT2D eigenvalue weighted by molar-refractivity contribution is -0.127. The van der Waals surface area contributed by atoms with Crippen molar-refractivity contribution >= 4 is 11.6 Å². The van der Waals surface area contributed by atoms with E-state index in [1.165, 1.54) is 0 Å². The van der Waals surface area contributed by atoms with Gasteiger partial charge in [0.25, 0.3) is 5.91 Å². The Hall–Kier alpha value is -2.69. The summed E-state index contributed by atoms with van der Waals surface area (Å²) in [5, 5.41) is 0. The molecular weight excluding hydrogens is 282 g/mol. The van der Waals surface area contributed by atoms with Crippen molar-refractivity contribution in [1.82, 2.24) is 0 Å². The largest absolute Gasteiger partial charge is 0.490 e. The summed E-state index contributed by atoms with van der Waals surface area (Å²) >= 11 is 0. The highest BCUT2D eigenvalue weighted by molar-refractivity contribution is 5.98. The van der Waals surface area contributed by atoms with Gasteiger partial charge in [0, 0.05) is 0 Å². The first-order valence-corrected chi connectivity index (χ1v) is 7.24. The van der Waals surface area contributed by atoms with Crippen LogP contribution in [0.5, 0.6) is 17.2 Å². The Balaban J connectivity index is 1.59. The number of anilines is 1. The van der Waals surface area contributed by atoms with Gasteiger partial charge in [-0.25, -0.2) is 0 Å². The molecule has 0 radical (unpaired) electrons. The van der Waals surface area contributed by atoms with Gasteiger partial charge < -0.3 is 19.1 Å². The Kier molecular flexibility index (Phi) is 3.11. The highest BCUT2D eigenvalue weighted by Crippen LogP contribution is 2.34. The summed E-state index contributed by atoms with van der Waals surface area (Å²) in [6, 6.07) is 14.9. The zero-order valence-electron chi connectivity index (χ0n) is 11.9. The molecule has 0 fully saturated rings. The molecule has 1 unspecified atom stereocenters. The van der Waals surface area contributed by atoms with Gasteiger partial charge in [0.05, 0.1) is 12.2 Å². The van der Waals surface area contributed by atoms with Crippen molar-refractivity contribution in [2.24, 2.45) is 0 Å². The van der Waals surface area contributed by atoms with Gasteiger partial charge in [-0.2, -0.15) is 0 Å². The highest BCUT2D eigenvalue weighted by atomic mass is 16.6. The van der Waals surface area contributed by atoms with Crippen LogP contribution in [-0.2, 0) is 4.79 Å². The first-order valence-electron chi connectivity index (χ1n) is 7.24. The second-order valence-corrected chi connectivity index (χ2v) is 5.17. The van der Waals surface area contributed by atoms with Gasteiger partial charge in [-0.3, -0.25) is 4.79 Å². The molecule has 112 valence electrons. The molecule has 2 aromatic rings. The fourth-order valence-corrected chi connectivity index (χ4v) is 2.71. The number of amides is 1. The fraction of sp³-hybridized carbons (Fsp3) is 0.235. The Bertz CT molecular complexity index is 715. The molecule has 0 saturated heterocycles. The van der Waals surface area contributed by atoms with E-state index < -0.39 is 6.10 Å². The van der Waals surface area contributed by atoms with Crippen LogP contribution in [0.4, 0.5) is 5.69 Å². The third kappa shape index (κ3) is 2.15. The molecule has 0 aliphatic carbocycles. The molecule has 0 saturated carbocycles.